The molecular weight excluding hydrogens is 1720 g/mol. The minimum Gasteiger partial charge on any atom is -0.870 e. The Kier molecular flexibility index (Phi) is 32.7. The molecule has 0 radical (unpaired) electrons. The van der Waals surface area contributed by atoms with E-state index in [0.717, 1.165) is 126 Å². The van der Waals surface area contributed by atoms with Crippen LogP contribution < -0.4 is 89.7 Å². The molecule has 30 nitrogen and oxygen atoms in total. The standard InChI is InChI=1S/C18H24FN3O5S.C18H24FN3O3S.C17H22FN3O4.C12H19NO2.C6H6ClFN2OS.C5H3Cl2FN2S.Na.H2O/c1-26-15-14(19)16(21-17(20-15)28(2,24)25)27-9-13(23)22-18-6-10-3-11(7-18)5-12(4-10)8-18;1-24-15-14(19)16(21-17(20-15)26-2)25-9-13(23)22-18-6-10-3-11(7-18)5-12(4-10)8-18;1-24-14-13(18)15(20-16(23)19-14)25-8-12(22)21-17-5-9-2-10(6-17)4-11(3-9)7-17;14-7-11(15)13-12-4-8-1-9(5-12)3-10(2-8)6-12;1-11-5-3(8)4(7)9-6(10-5)12-2;1-11-5-9-3(6)2(8)4(7)10-5;;/h10-12H,3-9H2,1-2H3,(H,22,23);10-12H,3-9H2,1-2H3,(H,22,23);9-11H,2-8H2,1H3,(H,21,22)(H,19,20,23);8-10,14H,1-7H2,(H,13,15);1-2H3;1H3;;1H2/q;;;;;;+1;/p-1. The molecule has 43 heteroatoms. The maximum atomic E-state index is 14.3. The smallest absolute Gasteiger partial charge is 0.870 e. The number of aliphatic hydroxyl groups is 1. The number of methoxy groups -OCH3 is 4. The van der Waals surface area contributed by atoms with Crippen LogP contribution >= 0.6 is 70.1 Å². The Balaban J connectivity index is 0.000000155. The van der Waals surface area contributed by atoms with E-state index < -0.39 is 79.9 Å². The number of aromatic amines is 1. The van der Waals surface area contributed by atoms with Gasteiger partial charge in [-0.2, -0.15) is 47.5 Å². The second kappa shape index (κ2) is 40.8. The molecule has 119 heavy (non-hydrogen) atoms. The number of carbonyl (C=O) groups excluding carboxylic acids is 4. The number of thioether (sulfide) groups is 3. The van der Waals surface area contributed by atoms with Crippen LogP contribution in [0.15, 0.2) is 25.4 Å². The third-order valence-corrected chi connectivity index (χ3v) is 27.7. The van der Waals surface area contributed by atoms with Crippen LogP contribution in [0.4, 0.5) is 22.0 Å². The molecule has 0 aromatic carbocycles. The number of carbonyl (C=O) groups is 4. The van der Waals surface area contributed by atoms with Crippen molar-refractivity contribution in [3.63, 3.8) is 0 Å². The van der Waals surface area contributed by atoms with Crippen LogP contribution in [-0.4, -0.2) is 195 Å². The fourth-order valence-electron chi connectivity index (χ4n) is 22.0. The average molecular weight is 1820 g/mol. The van der Waals surface area contributed by atoms with E-state index in [9.17, 15) is 54.3 Å². The molecule has 7 N–H and O–H groups in total. The Morgan fingerprint density at radius 1 is 0.412 bits per heavy atom. The van der Waals surface area contributed by atoms with Gasteiger partial charge >= 0.3 is 35.2 Å². The van der Waals surface area contributed by atoms with E-state index in [4.69, 9.17) is 63.6 Å². The molecule has 21 rings (SSSR count). The molecule has 16 aliphatic rings. The fourth-order valence-corrected chi connectivity index (χ4v) is 24.3. The van der Waals surface area contributed by atoms with Gasteiger partial charge in [-0.15, -0.1) is 0 Å². The molecule has 16 bridgehead atoms. The van der Waals surface area contributed by atoms with Gasteiger partial charge in [-0.3, -0.25) is 24.2 Å². The van der Waals surface area contributed by atoms with E-state index in [2.05, 4.69) is 80.6 Å². The third-order valence-electron chi connectivity index (χ3n) is 24.5. The second-order valence-electron chi connectivity index (χ2n) is 33.4. The SMILES string of the molecule is COc1nc(=O)[nH]c(OCC(=O)NC23CC4CC(CC(C4)C2)C3)c1F.COc1nc(S(C)(=O)=O)nc(OCC(=O)NC23CC4CC(CC(C4)C2)C3)c1F.COc1nc(SC)nc(Cl)c1F.COc1nc(SC)nc(OCC(=O)NC23CC4CC(CC(C4)C2)C3)c1F.CSc1nc(Cl)c(F)c(Cl)n1.O=C(CO)NC12CC3CC(CC(C3)C1)C2.[Na+].[OH-]. The molecule has 0 saturated heterocycles. The molecule has 0 aliphatic heterocycles. The molecule has 0 unspecified atom stereocenters. The Hall–Kier alpha value is -5.88. The second-order valence-corrected chi connectivity index (χ2v) is 38.7. The van der Waals surface area contributed by atoms with Crippen molar-refractivity contribution in [2.24, 2.45) is 71.0 Å². The Bertz CT molecular complexity index is 4500. The van der Waals surface area contributed by atoms with Gasteiger partial charge in [-0.1, -0.05) is 70.1 Å². The van der Waals surface area contributed by atoms with Gasteiger partial charge in [-0.25, -0.2) is 32.6 Å². The van der Waals surface area contributed by atoms with Gasteiger partial charge in [0.25, 0.3) is 58.2 Å². The molecule has 5 aromatic rings. The fraction of sp³-hybridized carbons (Fsp3) is 0.684. The van der Waals surface area contributed by atoms with E-state index in [-0.39, 0.29) is 134 Å². The van der Waals surface area contributed by atoms with E-state index in [1.807, 2.05) is 0 Å². The van der Waals surface area contributed by atoms with Crippen molar-refractivity contribution in [1.82, 2.24) is 71.1 Å². The van der Waals surface area contributed by atoms with Gasteiger partial charge in [0, 0.05) is 28.4 Å². The van der Waals surface area contributed by atoms with E-state index in [1.54, 1.807) is 18.8 Å². The van der Waals surface area contributed by atoms with Crippen LogP contribution in [0.1, 0.15) is 154 Å². The summed E-state index contributed by atoms with van der Waals surface area (Å²) in [6.45, 7) is -1.43. The first kappa shape index (κ1) is 95.4. The molecule has 16 saturated carbocycles. The number of halogens is 8. The van der Waals surface area contributed by atoms with Crippen molar-refractivity contribution < 1.29 is 123 Å². The summed E-state index contributed by atoms with van der Waals surface area (Å²) in [7, 11) is 1.22. The van der Waals surface area contributed by atoms with Crippen molar-refractivity contribution in [2.75, 3.05) is 79.9 Å². The van der Waals surface area contributed by atoms with Gasteiger partial charge in [0.2, 0.25) is 44.9 Å². The summed E-state index contributed by atoms with van der Waals surface area (Å²) in [5.74, 6) is 1.01. The van der Waals surface area contributed by atoms with E-state index in [0.29, 0.717) is 51.0 Å². The molecule has 5 aromatic heterocycles. The molecule has 16 fully saturated rings. The Morgan fingerprint density at radius 3 is 0.975 bits per heavy atom. The van der Waals surface area contributed by atoms with Crippen LogP contribution in [0, 0.1) is 100 Å². The minimum atomic E-state index is -3.80. The summed E-state index contributed by atoms with van der Waals surface area (Å²) in [4.78, 5) is 95.2. The molecule has 4 amide bonds. The predicted molar refractivity (Wildman–Crippen MR) is 424 cm³/mol. The summed E-state index contributed by atoms with van der Waals surface area (Å²) >= 11 is 20.0. The van der Waals surface area contributed by atoms with Crippen LogP contribution in [0.5, 0.6) is 41.2 Å². The first-order valence-corrected chi connectivity index (χ1v) is 45.6. The van der Waals surface area contributed by atoms with Crippen LogP contribution in [-0.2, 0) is 29.0 Å². The van der Waals surface area contributed by atoms with Crippen molar-refractivity contribution in [2.45, 2.75) is 197 Å². The first-order valence-electron chi connectivity index (χ1n) is 38.9. The zero-order chi connectivity index (χ0) is 84.1. The van der Waals surface area contributed by atoms with Gasteiger partial charge < -0.3 is 65.0 Å². The van der Waals surface area contributed by atoms with Crippen molar-refractivity contribution in [3.05, 3.63) is 55.0 Å². The van der Waals surface area contributed by atoms with Crippen LogP contribution in [0.2, 0.25) is 15.5 Å². The number of aromatic nitrogens is 10. The number of ether oxygens (including phenoxy) is 7. The maximum Gasteiger partial charge on any atom is 1.00 e. The number of rotatable bonds is 22. The predicted octanol–water partition coefficient (Wildman–Crippen LogP) is 8.22. The van der Waals surface area contributed by atoms with Crippen LogP contribution in [0.3, 0.4) is 0 Å². The quantitative estimate of drug-likeness (QED) is 0.0125. The normalized spacial score (nSPS) is 28.9. The monoisotopic (exact) mass is 1810 g/mol. The molecule has 0 spiro atoms. The summed E-state index contributed by atoms with van der Waals surface area (Å²) < 4.78 is 126. The van der Waals surface area contributed by atoms with Crippen molar-refractivity contribution in [1.29, 1.82) is 0 Å². The molecular formula is C76H99Cl3F5N14NaO16S4. The van der Waals surface area contributed by atoms with Crippen molar-refractivity contribution in [3.8, 4) is 41.2 Å². The van der Waals surface area contributed by atoms with Gasteiger partial charge in [0.05, 0.1) is 28.4 Å². The van der Waals surface area contributed by atoms with E-state index in [1.165, 1.54) is 134 Å². The third kappa shape index (κ3) is 23.8. The first-order chi connectivity index (χ1) is 55.7. The largest absolute Gasteiger partial charge is 1.00 e. The number of hydrogen-bond acceptors (Lipinski definition) is 28. The number of hydrogen-bond donors (Lipinski definition) is 6. The average Bonchev–Trinajstić information content (AvgIpc) is 0.762. The number of amides is 4. The zero-order valence-corrected chi connectivity index (χ0v) is 75.1. The van der Waals surface area contributed by atoms with Gasteiger partial charge in [0.1, 0.15) is 6.61 Å². The molecule has 16 aliphatic carbocycles. The molecule has 0 atom stereocenters. The number of sulfone groups is 1. The summed E-state index contributed by atoms with van der Waals surface area (Å²) in [6, 6.07) is 0. The number of aliphatic hydroxyl groups excluding tert-OH is 1. The molecule has 5 heterocycles. The maximum absolute atomic E-state index is 14.3. The molecule has 650 valence electrons. The van der Waals surface area contributed by atoms with Crippen molar-refractivity contribution >= 4 is 104 Å². The number of H-pyrrole nitrogens is 1. The summed E-state index contributed by atoms with van der Waals surface area (Å²) in [5.41, 5.74) is -1.13. The van der Waals surface area contributed by atoms with Gasteiger partial charge in [-0.05, 0) is 244 Å². The Labute approximate surface area is 735 Å². The number of nitrogens with one attached hydrogen (secondary N) is 5. The van der Waals surface area contributed by atoms with Crippen LogP contribution in [0.25, 0.3) is 0 Å². The topological polar surface area (TPSA) is 414 Å². The van der Waals surface area contributed by atoms with Gasteiger partial charge in [0.15, 0.2) is 56.6 Å². The summed E-state index contributed by atoms with van der Waals surface area (Å²) in [6.07, 6.45) is 34.6. The Morgan fingerprint density at radius 2 is 0.664 bits per heavy atom. The van der Waals surface area contributed by atoms with E-state index >= 15 is 0 Å². The zero-order valence-electron chi connectivity index (χ0n) is 67.5. The minimum absolute atomic E-state index is 0. The number of nitrogens with zero attached hydrogens (tertiary/aromatic N) is 9. The summed E-state index contributed by atoms with van der Waals surface area (Å²) in [5, 5.41) is 21.1.